The number of hydrogen-bond acceptors (Lipinski definition) is 3. The maximum Gasteiger partial charge on any atom is 0.227 e. The zero-order valence-corrected chi connectivity index (χ0v) is 18.1. The second-order valence-electron chi connectivity index (χ2n) is 8.36. The Morgan fingerprint density at radius 2 is 1.93 bits per heavy atom. The van der Waals surface area contributed by atoms with E-state index in [9.17, 15) is 14.0 Å². The summed E-state index contributed by atoms with van der Waals surface area (Å²) in [4.78, 5) is 28.8. The molecule has 0 aromatic heterocycles. The maximum absolute atomic E-state index is 14.3. The number of rotatable bonds is 7. The van der Waals surface area contributed by atoms with Crippen LogP contribution in [0.1, 0.15) is 37.0 Å². The van der Waals surface area contributed by atoms with Gasteiger partial charge in [0, 0.05) is 32.1 Å². The first-order valence-electron chi connectivity index (χ1n) is 10.4. The second kappa shape index (κ2) is 9.39. The summed E-state index contributed by atoms with van der Waals surface area (Å²) in [6.45, 7) is 7.49. The van der Waals surface area contributed by atoms with Gasteiger partial charge in [-0.2, -0.15) is 0 Å². The van der Waals surface area contributed by atoms with E-state index in [1.54, 1.807) is 19.1 Å². The van der Waals surface area contributed by atoms with Gasteiger partial charge in [0.25, 0.3) is 0 Å². The van der Waals surface area contributed by atoms with Crippen LogP contribution in [-0.2, 0) is 22.7 Å². The lowest BCUT2D eigenvalue weighted by Gasteiger charge is -2.23. The molecule has 5 nitrogen and oxygen atoms in total. The van der Waals surface area contributed by atoms with E-state index in [1.165, 1.54) is 16.5 Å². The van der Waals surface area contributed by atoms with E-state index in [0.717, 1.165) is 17.7 Å². The van der Waals surface area contributed by atoms with E-state index in [2.05, 4.69) is 37.2 Å². The van der Waals surface area contributed by atoms with E-state index in [1.807, 2.05) is 18.2 Å². The number of anilines is 1. The summed E-state index contributed by atoms with van der Waals surface area (Å²) in [6, 6.07) is 13.2. The Labute approximate surface area is 177 Å². The Kier molecular flexibility index (Phi) is 6.87. The number of nitrogens with zero attached hydrogens (tertiary/aromatic N) is 2. The van der Waals surface area contributed by atoms with Crippen LogP contribution < -0.4 is 10.2 Å². The molecule has 0 radical (unpaired) electrons. The highest BCUT2D eigenvalue weighted by Gasteiger charge is 2.36. The van der Waals surface area contributed by atoms with Gasteiger partial charge in [-0.25, -0.2) is 4.39 Å². The monoisotopic (exact) mass is 411 g/mol. The van der Waals surface area contributed by atoms with E-state index in [0.29, 0.717) is 12.6 Å². The van der Waals surface area contributed by atoms with Crippen LogP contribution in [-0.4, -0.2) is 36.3 Å². The van der Waals surface area contributed by atoms with E-state index < -0.39 is 11.7 Å². The van der Waals surface area contributed by atoms with Crippen molar-refractivity contribution in [2.75, 3.05) is 18.5 Å². The van der Waals surface area contributed by atoms with Crippen molar-refractivity contribution in [1.29, 1.82) is 0 Å². The third-order valence-electron chi connectivity index (χ3n) is 5.76. The molecule has 1 atom stereocenters. The fourth-order valence-electron chi connectivity index (χ4n) is 3.61. The fourth-order valence-corrected chi connectivity index (χ4v) is 3.61. The number of carbonyl (C=O) groups is 2. The molecule has 160 valence electrons. The number of nitrogens with one attached hydrogen (secondary N) is 1. The van der Waals surface area contributed by atoms with Crippen molar-refractivity contribution in [1.82, 2.24) is 10.2 Å². The molecular weight excluding hydrogens is 381 g/mol. The molecule has 0 bridgehead atoms. The van der Waals surface area contributed by atoms with Crippen molar-refractivity contribution in [3.63, 3.8) is 0 Å². The lowest BCUT2D eigenvalue weighted by molar-refractivity contribution is -0.126. The van der Waals surface area contributed by atoms with Crippen LogP contribution in [0.15, 0.2) is 42.5 Å². The summed E-state index contributed by atoms with van der Waals surface area (Å²) in [5.41, 5.74) is 3.26. The first kappa shape index (κ1) is 22.0. The topological polar surface area (TPSA) is 52.7 Å². The summed E-state index contributed by atoms with van der Waals surface area (Å²) in [5.74, 6) is -1.32. The fraction of sp³-hybridized carbons (Fsp3) is 0.417. The lowest BCUT2D eigenvalue weighted by Crippen LogP contribution is -2.33. The molecule has 1 aliphatic rings. The summed E-state index contributed by atoms with van der Waals surface area (Å²) >= 11 is 0. The van der Waals surface area contributed by atoms with Gasteiger partial charge in [0.1, 0.15) is 5.82 Å². The lowest BCUT2D eigenvalue weighted by atomic mass is 10.1. The third kappa shape index (κ3) is 5.05. The molecule has 2 aromatic carbocycles. The Morgan fingerprint density at radius 1 is 1.23 bits per heavy atom. The molecule has 0 saturated carbocycles. The van der Waals surface area contributed by atoms with Crippen LogP contribution in [0.25, 0.3) is 0 Å². The molecule has 0 spiro atoms. The van der Waals surface area contributed by atoms with Crippen LogP contribution in [0.5, 0.6) is 0 Å². The average Bonchev–Trinajstić information content (AvgIpc) is 3.08. The van der Waals surface area contributed by atoms with Crippen molar-refractivity contribution >= 4 is 17.5 Å². The first-order chi connectivity index (χ1) is 14.3. The van der Waals surface area contributed by atoms with Crippen molar-refractivity contribution in [2.45, 2.75) is 46.3 Å². The van der Waals surface area contributed by atoms with Gasteiger partial charge in [0.2, 0.25) is 11.8 Å². The van der Waals surface area contributed by atoms with Gasteiger partial charge >= 0.3 is 0 Å². The van der Waals surface area contributed by atoms with Gasteiger partial charge < -0.3 is 10.2 Å². The normalized spacial score (nSPS) is 16.6. The first-order valence-corrected chi connectivity index (χ1v) is 10.4. The van der Waals surface area contributed by atoms with Gasteiger partial charge in [-0.3, -0.25) is 14.5 Å². The highest BCUT2D eigenvalue weighted by molar-refractivity contribution is 6.00. The number of amides is 2. The Morgan fingerprint density at radius 3 is 2.60 bits per heavy atom. The minimum Gasteiger partial charge on any atom is -0.352 e. The number of aryl methyl sites for hydroxylation is 1. The number of hydrogen-bond donors (Lipinski definition) is 1. The highest BCUT2D eigenvalue weighted by atomic mass is 19.1. The summed E-state index contributed by atoms with van der Waals surface area (Å²) < 4.78 is 14.3. The van der Waals surface area contributed by atoms with Crippen LogP contribution in [0, 0.1) is 18.7 Å². The van der Waals surface area contributed by atoms with Gasteiger partial charge in [0.15, 0.2) is 0 Å². The van der Waals surface area contributed by atoms with Crippen molar-refractivity contribution in [3.05, 3.63) is 65.0 Å². The average molecular weight is 412 g/mol. The standard InChI is InChI=1S/C24H30FN3O2/c1-16(2)27(4)14-19-8-6-5-7-18(19)13-26-24(30)20-12-23(29)28(15-20)22-10-9-17(3)11-21(22)25/h5-11,16,20H,12-15H2,1-4H3,(H,26,30). The molecule has 1 N–H and O–H groups in total. The molecule has 1 fully saturated rings. The highest BCUT2D eigenvalue weighted by Crippen LogP contribution is 2.28. The van der Waals surface area contributed by atoms with Crippen LogP contribution in [0.2, 0.25) is 0 Å². The SMILES string of the molecule is Cc1ccc(N2CC(C(=O)NCc3ccccc3CN(C)C(C)C)CC2=O)c(F)c1. The molecule has 0 aliphatic carbocycles. The summed E-state index contributed by atoms with van der Waals surface area (Å²) in [6.07, 6.45) is 0.0941. The zero-order chi connectivity index (χ0) is 21.8. The smallest absolute Gasteiger partial charge is 0.227 e. The van der Waals surface area contributed by atoms with E-state index >= 15 is 0 Å². The maximum atomic E-state index is 14.3. The quantitative estimate of drug-likeness (QED) is 0.757. The number of carbonyl (C=O) groups excluding carboxylic acids is 2. The molecule has 1 heterocycles. The Hall–Kier alpha value is -2.73. The Bertz CT molecular complexity index is 928. The minimum atomic E-state index is -0.483. The van der Waals surface area contributed by atoms with Crippen molar-refractivity contribution in [3.8, 4) is 0 Å². The molecule has 30 heavy (non-hydrogen) atoms. The largest absolute Gasteiger partial charge is 0.352 e. The van der Waals surface area contributed by atoms with Crippen LogP contribution in [0.3, 0.4) is 0 Å². The predicted octanol–water partition coefficient (Wildman–Crippen LogP) is 3.64. The third-order valence-corrected chi connectivity index (χ3v) is 5.76. The summed E-state index contributed by atoms with van der Waals surface area (Å²) in [5, 5.41) is 2.97. The Balaban J connectivity index is 1.63. The summed E-state index contributed by atoms with van der Waals surface area (Å²) in [7, 11) is 2.07. The number of halogens is 1. The molecule has 2 aromatic rings. The minimum absolute atomic E-state index is 0.0941. The molecule has 1 aliphatic heterocycles. The zero-order valence-electron chi connectivity index (χ0n) is 18.1. The van der Waals surface area contributed by atoms with Crippen molar-refractivity contribution < 1.29 is 14.0 Å². The van der Waals surface area contributed by atoms with Crippen LogP contribution >= 0.6 is 0 Å². The molecule has 1 saturated heterocycles. The molecular formula is C24H30FN3O2. The van der Waals surface area contributed by atoms with Crippen LogP contribution in [0.4, 0.5) is 10.1 Å². The molecule has 1 unspecified atom stereocenters. The second-order valence-corrected chi connectivity index (χ2v) is 8.36. The number of benzene rings is 2. The van der Waals surface area contributed by atoms with Gasteiger partial charge in [-0.05, 0) is 56.6 Å². The molecule has 6 heteroatoms. The van der Waals surface area contributed by atoms with E-state index in [4.69, 9.17) is 0 Å². The van der Waals surface area contributed by atoms with Gasteiger partial charge in [-0.15, -0.1) is 0 Å². The van der Waals surface area contributed by atoms with E-state index in [-0.39, 0.29) is 30.5 Å². The predicted molar refractivity (Wildman–Crippen MR) is 116 cm³/mol. The van der Waals surface area contributed by atoms with Crippen molar-refractivity contribution in [2.24, 2.45) is 5.92 Å². The molecule has 2 amide bonds. The van der Waals surface area contributed by atoms with Gasteiger partial charge in [0.05, 0.1) is 11.6 Å². The molecule has 3 rings (SSSR count). The van der Waals surface area contributed by atoms with Gasteiger partial charge in [-0.1, -0.05) is 30.3 Å².